The van der Waals surface area contributed by atoms with Crippen molar-refractivity contribution < 1.29 is 19.8 Å². The van der Waals surface area contributed by atoms with Gasteiger partial charge in [0.05, 0.1) is 10.8 Å². The number of rotatable bonds is 18. The third-order valence-corrected chi connectivity index (χ3v) is 7.84. The Balaban J connectivity index is 2.28. The summed E-state index contributed by atoms with van der Waals surface area (Å²) in [5, 5.41) is 20.2. The third-order valence-electron chi connectivity index (χ3n) is 7.84. The van der Waals surface area contributed by atoms with Gasteiger partial charge in [-0.15, -0.1) is 0 Å². The molecule has 2 unspecified atom stereocenters. The van der Waals surface area contributed by atoms with Crippen LogP contribution in [0.1, 0.15) is 130 Å². The summed E-state index contributed by atoms with van der Waals surface area (Å²) in [4.78, 5) is 24.7. The van der Waals surface area contributed by atoms with Gasteiger partial charge in [-0.05, 0) is 31.1 Å². The molecule has 0 fully saturated rings. The first-order chi connectivity index (χ1) is 15.2. The van der Waals surface area contributed by atoms with Crippen LogP contribution in [0.4, 0.5) is 0 Å². The molecule has 1 aliphatic carbocycles. The minimum atomic E-state index is -1.22. The molecule has 4 nitrogen and oxygen atoms in total. The Labute approximate surface area is 197 Å². The molecule has 0 amide bonds. The van der Waals surface area contributed by atoms with Crippen molar-refractivity contribution in [2.24, 2.45) is 22.7 Å². The molecule has 0 saturated carbocycles. The van der Waals surface area contributed by atoms with E-state index in [9.17, 15) is 19.8 Å². The molecular weight excluding hydrogens is 400 g/mol. The lowest BCUT2D eigenvalue weighted by Crippen LogP contribution is -2.56. The Morgan fingerprint density at radius 2 is 1.12 bits per heavy atom. The van der Waals surface area contributed by atoms with Crippen molar-refractivity contribution in [1.29, 1.82) is 0 Å². The van der Waals surface area contributed by atoms with Crippen LogP contribution in [0.25, 0.3) is 0 Å². The summed E-state index contributed by atoms with van der Waals surface area (Å²) in [6, 6.07) is 0. The number of carboxylic acid groups (broad SMARTS) is 2. The predicted molar refractivity (Wildman–Crippen MR) is 133 cm³/mol. The minimum absolute atomic E-state index is 0.226. The van der Waals surface area contributed by atoms with Crippen molar-refractivity contribution in [2.45, 2.75) is 130 Å². The second kappa shape index (κ2) is 14.8. The van der Waals surface area contributed by atoms with Crippen molar-refractivity contribution in [3.63, 3.8) is 0 Å². The summed E-state index contributed by atoms with van der Waals surface area (Å²) in [7, 11) is 0. The number of carbonyl (C=O) groups is 2. The molecule has 0 aromatic rings. The van der Waals surface area contributed by atoms with E-state index in [0.717, 1.165) is 25.2 Å². The molecule has 1 rings (SSSR count). The molecule has 186 valence electrons. The van der Waals surface area contributed by atoms with Gasteiger partial charge in [0.15, 0.2) is 0 Å². The maximum absolute atomic E-state index is 12.4. The summed E-state index contributed by atoms with van der Waals surface area (Å²) < 4.78 is 0. The van der Waals surface area contributed by atoms with Gasteiger partial charge in [-0.1, -0.05) is 123 Å². The highest BCUT2D eigenvalue weighted by atomic mass is 16.4. The summed E-state index contributed by atoms with van der Waals surface area (Å²) in [5.74, 6) is -1.29. The normalized spacial score (nSPS) is 23.2. The van der Waals surface area contributed by atoms with Gasteiger partial charge in [0.1, 0.15) is 0 Å². The summed E-state index contributed by atoms with van der Waals surface area (Å²) >= 11 is 0. The largest absolute Gasteiger partial charge is 0.481 e. The molecule has 0 saturated heterocycles. The van der Waals surface area contributed by atoms with Crippen LogP contribution in [0.3, 0.4) is 0 Å². The number of hydrogen-bond donors (Lipinski definition) is 2. The van der Waals surface area contributed by atoms with Gasteiger partial charge in [-0.3, -0.25) is 9.59 Å². The van der Waals surface area contributed by atoms with Crippen molar-refractivity contribution in [3.05, 3.63) is 12.2 Å². The van der Waals surface area contributed by atoms with Crippen LogP contribution in [0.5, 0.6) is 0 Å². The van der Waals surface area contributed by atoms with Crippen LogP contribution in [-0.2, 0) is 9.59 Å². The zero-order valence-corrected chi connectivity index (χ0v) is 21.3. The average Bonchev–Trinajstić information content (AvgIpc) is 2.73. The highest BCUT2D eigenvalue weighted by Gasteiger charge is 2.62. The van der Waals surface area contributed by atoms with E-state index in [2.05, 4.69) is 13.8 Å². The van der Waals surface area contributed by atoms with Crippen LogP contribution < -0.4 is 0 Å². The van der Waals surface area contributed by atoms with E-state index in [1.54, 1.807) is 0 Å². The molecule has 0 aliphatic heterocycles. The number of hydrogen-bond acceptors (Lipinski definition) is 2. The van der Waals surface area contributed by atoms with Gasteiger partial charge in [-0.2, -0.15) is 0 Å². The van der Waals surface area contributed by atoms with Crippen molar-refractivity contribution in [3.8, 4) is 0 Å². The highest BCUT2D eigenvalue weighted by molar-refractivity contribution is 5.87. The fourth-order valence-electron chi connectivity index (χ4n) is 5.72. The Morgan fingerprint density at radius 1 is 0.688 bits per heavy atom. The molecule has 0 radical (unpaired) electrons. The number of carboxylic acids is 2. The van der Waals surface area contributed by atoms with E-state index in [4.69, 9.17) is 0 Å². The van der Waals surface area contributed by atoms with Crippen molar-refractivity contribution in [2.75, 3.05) is 0 Å². The second-order valence-electron chi connectivity index (χ2n) is 10.9. The Kier molecular flexibility index (Phi) is 13.2. The van der Waals surface area contributed by atoms with Crippen molar-refractivity contribution in [1.82, 2.24) is 0 Å². The Morgan fingerprint density at radius 3 is 1.53 bits per heavy atom. The second-order valence-corrected chi connectivity index (χ2v) is 10.9. The lowest BCUT2D eigenvalue weighted by atomic mass is 9.51. The van der Waals surface area contributed by atoms with Gasteiger partial charge in [-0.25, -0.2) is 0 Å². The number of unbranched alkanes of at least 4 members (excludes halogenated alkanes) is 11. The molecule has 2 atom stereocenters. The lowest BCUT2D eigenvalue weighted by molar-refractivity contribution is -0.181. The van der Waals surface area contributed by atoms with E-state index in [0.29, 0.717) is 19.3 Å². The van der Waals surface area contributed by atoms with Crippen LogP contribution >= 0.6 is 0 Å². The first-order valence-corrected chi connectivity index (χ1v) is 13.3. The maximum atomic E-state index is 12.4. The van der Waals surface area contributed by atoms with Crippen molar-refractivity contribution >= 4 is 11.9 Å². The van der Waals surface area contributed by atoms with Gasteiger partial charge in [0.2, 0.25) is 0 Å². The smallest absolute Gasteiger partial charge is 0.311 e. The summed E-state index contributed by atoms with van der Waals surface area (Å²) in [5.41, 5.74) is -2.42. The number of aliphatic carboxylic acids is 2. The van der Waals surface area contributed by atoms with Gasteiger partial charge >= 0.3 is 11.9 Å². The zero-order valence-electron chi connectivity index (χ0n) is 21.3. The molecule has 0 heterocycles. The predicted octanol–water partition coefficient (Wildman–Crippen LogP) is 8.25. The molecule has 0 aromatic carbocycles. The standard InChI is InChI=1S/C28H50O4/c1-23(2)19-15-13-11-9-7-5-6-8-10-12-14-16-20-27(25(29)30)21-17-18-22-28(27,24(3)4)26(31)32/h17-18,23-24H,5-16,19-22H2,1-4H3,(H,29,30)(H,31,32). The molecule has 0 spiro atoms. The Hall–Kier alpha value is -1.32. The first-order valence-electron chi connectivity index (χ1n) is 13.3. The lowest BCUT2D eigenvalue weighted by Gasteiger charge is -2.49. The molecule has 32 heavy (non-hydrogen) atoms. The zero-order chi connectivity index (χ0) is 24.0. The SMILES string of the molecule is CC(C)CCCCCCCCCCCCCCC1(C(=O)O)CC=CCC1(C(=O)O)C(C)C. The first kappa shape index (κ1) is 28.7. The molecule has 0 bridgehead atoms. The fraction of sp³-hybridized carbons (Fsp3) is 0.857. The maximum Gasteiger partial charge on any atom is 0.311 e. The molecular formula is C28H50O4. The quantitative estimate of drug-likeness (QED) is 0.163. The molecule has 0 aromatic heterocycles. The third kappa shape index (κ3) is 7.92. The van der Waals surface area contributed by atoms with Crippen LogP contribution in [-0.4, -0.2) is 22.2 Å². The topological polar surface area (TPSA) is 74.6 Å². The van der Waals surface area contributed by atoms with Gasteiger partial charge < -0.3 is 10.2 Å². The minimum Gasteiger partial charge on any atom is -0.481 e. The van der Waals surface area contributed by atoms with Crippen LogP contribution in [0, 0.1) is 22.7 Å². The van der Waals surface area contributed by atoms with Crippen LogP contribution in [0.15, 0.2) is 12.2 Å². The number of allylic oxidation sites excluding steroid dienone is 2. The molecule has 2 N–H and O–H groups in total. The average molecular weight is 451 g/mol. The summed E-state index contributed by atoms with van der Waals surface area (Å²) in [6.07, 6.45) is 21.0. The van der Waals surface area contributed by atoms with E-state index in [1.165, 1.54) is 64.2 Å². The van der Waals surface area contributed by atoms with E-state index < -0.39 is 22.8 Å². The van der Waals surface area contributed by atoms with Gasteiger partial charge in [0, 0.05) is 0 Å². The van der Waals surface area contributed by atoms with Gasteiger partial charge in [0.25, 0.3) is 0 Å². The van der Waals surface area contributed by atoms with Crippen LogP contribution in [0.2, 0.25) is 0 Å². The Bertz CT molecular complexity index is 580. The fourth-order valence-corrected chi connectivity index (χ4v) is 5.72. The van der Waals surface area contributed by atoms with E-state index in [-0.39, 0.29) is 5.92 Å². The van der Waals surface area contributed by atoms with E-state index in [1.807, 2.05) is 26.0 Å². The van der Waals surface area contributed by atoms with E-state index >= 15 is 0 Å². The monoisotopic (exact) mass is 450 g/mol. The molecule has 4 heteroatoms. The summed E-state index contributed by atoms with van der Waals surface area (Å²) in [6.45, 7) is 8.31. The molecule has 1 aliphatic rings. The highest BCUT2D eigenvalue weighted by Crippen LogP contribution is 2.56.